The first kappa shape index (κ1) is 17.4. The lowest BCUT2D eigenvalue weighted by Crippen LogP contribution is -2.11. The van der Waals surface area contributed by atoms with Crippen LogP contribution in [-0.2, 0) is 0 Å². The fourth-order valence-electron chi connectivity index (χ4n) is 2.84. The molecule has 0 aliphatic rings. The van der Waals surface area contributed by atoms with Gasteiger partial charge in [-0.25, -0.2) is 0 Å². The predicted octanol–water partition coefficient (Wildman–Crippen LogP) is 0.266. The number of rotatable bonds is 3. The fraction of sp³-hybridized carbons (Fsp3) is 0.0625. The maximum Gasteiger partial charge on any atom is 0.167 e. The Morgan fingerprint density at radius 2 is 0.786 bits per heavy atom. The maximum absolute atomic E-state index is 9.44. The van der Waals surface area contributed by atoms with Crippen LogP contribution in [0.3, 0.4) is 0 Å². The van der Waals surface area contributed by atoms with Gasteiger partial charge in [0.15, 0.2) is 17.1 Å². The maximum atomic E-state index is 9.44. The van der Waals surface area contributed by atoms with Gasteiger partial charge in [-0.15, -0.1) is 0 Å². The molecule has 0 saturated heterocycles. The molecular weight excluding hydrogens is 360 g/mol. The van der Waals surface area contributed by atoms with Gasteiger partial charge in [0.1, 0.15) is 53.5 Å². The van der Waals surface area contributed by atoms with Gasteiger partial charge in [0.05, 0.1) is 5.92 Å². The molecule has 0 fully saturated rings. The number of nitrogens with zero attached hydrogens (tertiary/aromatic N) is 9. The monoisotopic (exact) mass is 364 g/mol. The molecule has 3 rings (SSSR count). The summed E-state index contributed by atoms with van der Waals surface area (Å²) in [7, 11) is 0. The van der Waals surface area contributed by atoms with Gasteiger partial charge in [0.2, 0.25) is 0 Å². The minimum Gasteiger partial charge on any atom is -0.266 e. The Hall–Kier alpha value is -5.43. The fourth-order valence-corrected chi connectivity index (χ4v) is 2.84. The Morgan fingerprint density at radius 1 is 0.500 bits per heavy atom. The molecular formula is C16H4N12. The lowest BCUT2D eigenvalue weighted by atomic mass is 9.81. The molecule has 0 unspecified atom stereocenters. The molecule has 3 aromatic heterocycles. The van der Waals surface area contributed by atoms with E-state index in [1.165, 1.54) is 0 Å². The molecule has 3 N–H and O–H groups in total. The van der Waals surface area contributed by atoms with Gasteiger partial charge in [-0.2, -0.15) is 46.9 Å². The van der Waals surface area contributed by atoms with Crippen LogP contribution in [0.5, 0.6) is 0 Å². The molecule has 3 aromatic rings. The third kappa shape index (κ3) is 2.38. The van der Waals surface area contributed by atoms with Gasteiger partial charge >= 0.3 is 0 Å². The molecule has 0 aliphatic carbocycles. The van der Waals surface area contributed by atoms with Crippen LogP contribution in [0.4, 0.5) is 0 Å². The van der Waals surface area contributed by atoms with E-state index in [-0.39, 0.29) is 50.9 Å². The van der Waals surface area contributed by atoms with Crippen molar-refractivity contribution in [1.82, 2.24) is 30.6 Å². The second-order valence-electron chi connectivity index (χ2n) is 5.19. The minimum atomic E-state index is -1.23. The zero-order valence-corrected chi connectivity index (χ0v) is 13.6. The van der Waals surface area contributed by atoms with E-state index in [1.807, 2.05) is 36.4 Å². The summed E-state index contributed by atoms with van der Waals surface area (Å²) < 4.78 is 0. The van der Waals surface area contributed by atoms with Crippen LogP contribution in [0.15, 0.2) is 0 Å². The highest BCUT2D eigenvalue weighted by molar-refractivity contribution is 5.61. The highest BCUT2D eigenvalue weighted by Gasteiger charge is 2.36. The van der Waals surface area contributed by atoms with Crippen LogP contribution in [0.25, 0.3) is 0 Å². The molecule has 0 aromatic carbocycles. The molecule has 0 radical (unpaired) electrons. The summed E-state index contributed by atoms with van der Waals surface area (Å²) in [4.78, 5) is 0. The van der Waals surface area contributed by atoms with Crippen LogP contribution in [0, 0.1) is 68.0 Å². The minimum absolute atomic E-state index is 0.00574. The van der Waals surface area contributed by atoms with Crippen LogP contribution in [-0.4, -0.2) is 30.6 Å². The standard InChI is InChI=1S/C16H4N12/c17-1-7-13(8(2-18)24-23-7)16(14-9(3-19)25-26-10(14)4-20)15-11(5-21)27-28-12(15)6-22/h16H,(H,23,24)(H,25,26)(H,27,28). The van der Waals surface area contributed by atoms with Crippen molar-refractivity contribution in [1.29, 1.82) is 31.6 Å². The number of nitrogens with one attached hydrogen (secondary N) is 3. The number of aromatic nitrogens is 6. The smallest absolute Gasteiger partial charge is 0.167 e. The first-order valence-electron chi connectivity index (χ1n) is 7.30. The molecule has 0 atom stereocenters. The van der Waals surface area contributed by atoms with Crippen LogP contribution in [0.2, 0.25) is 0 Å². The second kappa shape index (κ2) is 6.82. The molecule has 0 bridgehead atoms. The molecule has 12 nitrogen and oxygen atoms in total. The molecule has 0 amide bonds. The number of aromatic amines is 3. The molecule has 0 saturated carbocycles. The third-order valence-corrected chi connectivity index (χ3v) is 3.93. The van der Waals surface area contributed by atoms with Crippen molar-refractivity contribution in [3.8, 4) is 36.4 Å². The third-order valence-electron chi connectivity index (χ3n) is 3.93. The number of H-pyrrole nitrogens is 3. The molecule has 0 spiro atoms. The number of hydrogen-bond donors (Lipinski definition) is 3. The Morgan fingerprint density at radius 3 is 1.00 bits per heavy atom. The predicted molar refractivity (Wildman–Crippen MR) is 85.0 cm³/mol. The van der Waals surface area contributed by atoms with E-state index in [0.29, 0.717) is 0 Å². The van der Waals surface area contributed by atoms with Gasteiger partial charge in [-0.05, 0) is 0 Å². The van der Waals surface area contributed by atoms with Crippen molar-refractivity contribution in [3.63, 3.8) is 0 Å². The average Bonchev–Trinajstić information content (AvgIpc) is 3.44. The number of hydrogen-bond acceptors (Lipinski definition) is 9. The zero-order chi connectivity index (χ0) is 20.3. The Bertz CT molecular complexity index is 1080. The van der Waals surface area contributed by atoms with Crippen LogP contribution >= 0.6 is 0 Å². The van der Waals surface area contributed by atoms with Crippen LogP contribution in [0.1, 0.15) is 56.8 Å². The van der Waals surface area contributed by atoms with Gasteiger partial charge in [0.25, 0.3) is 0 Å². The van der Waals surface area contributed by atoms with E-state index in [1.54, 1.807) is 0 Å². The van der Waals surface area contributed by atoms with Crippen molar-refractivity contribution in [2.24, 2.45) is 0 Å². The van der Waals surface area contributed by atoms with E-state index in [4.69, 9.17) is 0 Å². The molecule has 3 heterocycles. The van der Waals surface area contributed by atoms with E-state index in [0.717, 1.165) is 0 Å². The number of nitriles is 6. The Labute approximate surface area is 156 Å². The van der Waals surface area contributed by atoms with E-state index in [9.17, 15) is 31.6 Å². The quantitative estimate of drug-likeness (QED) is 0.577. The Balaban J connectivity index is 2.53. The lowest BCUT2D eigenvalue weighted by Gasteiger charge is -2.16. The zero-order valence-electron chi connectivity index (χ0n) is 13.6. The summed E-state index contributed by atoms with van der Waals surface area (Å²) in [6.45, 7) is 0. The normalized spacial score (nSPS) is 9.54. The summed E-state index contributed by atoms with van der Waals surface area (Å²) >= 11 is 0. The van der Waals surface area contributed by atoms with Gasteiger partial charge in [-0.1, -0.05) is 0 Å². The lowest BCUT2D eigenvalue weighted by molar-refractivity contribution is 0.950. The first-order valence-corrected chi connectivity index (χ1v) is 7.30. The molecule has 28 heavy (non-hydrogen) atoms. The molecule has 0 aliphatic heterocycles. The summed E-state index contributed by atoms with van der Waals surface area (Å²) in [6.07, 6.45) is 0. The highest BCUT2D eigenvalue weighted by Crippen LogP contribution is 2.40. The summed E-state index contributed by atoms with van der Waals surface area (Å²) in [5, 5.41) is 75.1. The summed E-state index contributed by atoms with van der Waals surface area (Å²) in [5.74, 6) is -1.23. The topological polar surface area (TPSA) is 229 Å². The summed E-state index contributed by atoms with van der Waals surface area (Å²) in [5.41, 5.74) is -1.03. The van der Waals surface area contributed by atoms with Crippen molar-refractivity contribution in [2.45, 2.75) is 5.92 Å². The van der Waals surface area contributed by atoms with Crippen molar-refractivity contribution >= 4 is 0 Å². The molecule has 128 valence electrons. The largest absolute Gasteiger partial charge is 0.266 e. The highest BCUT2D eigenvalue weighted by atomic mass is 15.1. The van der Waals surface area contributed by atoms with E-state index < -0.39 is 5.92 Å². The molecule has 12 heteroatoms. The van der Waals surface area contributed by atoms with E-state index in [2.05, 4.69) is 30.6 Å². The average molecular weight is 364 g/mol. The Kier molecular flexibility index (Phi) is 4.24. The van der Waals surface area contributed by atoms with Gasteiger partial charge in [0, 0.05) is 16.7 Å². The van der Waals surface area contributed by atoms with Crippen molar-refractivity contribution in [2.75, 3.05) is 0 Å². The van der Waals surface area contributed by atoms with Crippen molar-refractivity contribution < 1.29 is 0 Å². The second-order valence-corrected chi connectivity index (χ2v) is 5.19. The van der Waals surface area contributed by atoms with Crippen LogP contribution < -0.4 is 0 Å². The van der Waals surface area contributed by atoms with E-state index >= 15 is 0 Å². The SMILES string of the molecule is N#Cc1n[nH]c(C#N)c1C(c1c(C#N)n[nH]c1C#N)c1c(C#N)n[nH]c1C#N. The van der Waals surface area contributed by atoms with Crippen molar-refractivity contribution in [3.05, 3.63) is 50.9 Å². The van der Waals surface area contributed by atoms with Gasteiger partial charge < -0.3 is 0 Å². The first-order chi connectivity index (χ1) is 13.6. The summed E-state index contributed by atoms with van der Waals surface area (Å²) in [6, 6.07) is 11.0. The van der Waals surface area contributed by atoms with Gasteiger partial charge in [-0.3, -0.25) is 15.3 Å².